The summed E-state index contributed by atoms with van der Waals surface area (Å²) in [6.07, 6.45) is -18.4. The van der Waals surface area contributed by atoms with Crippen molar-refractivity contribution < 1.29 is 146 Å². The lowest BCUT2D eigenvalue weighted by Crippen LogP contribution is -2.60. The predicted molar refractivity (Wildman–Crippen MR) is 316 cm³/mol. The number of nitrogens with one attached hydrogen (secondary N) is 6. The smallest absolute Gasteiger partial charge is 0.490 e. The van der Waals surface area contributed by atoms with Crippen LogP contribution in [0.1, 0.15) is 84.6 Å². The highest BCUT2D eigenvalue weighted by molar-refractivity contribution is 5.97. The molecule has 0 aromatic heterocycles. The summed E-state index contributed by atoms with van der Waals surface area (Å²) in [5, 5.41) is 64.0. The molecule has 98 heavy (non-hydrogen) atoms. The van der Waals surface area contributed by atoms with Gasteiger partial charge < -0.3 is 100 Å². The Bertz CT molecular complexity index is 2650. The molecular weight excluding hydrogens is 1360 g/mol. The minimum atomic E-state index is -5.08. The number of halogens is 12. The number of guanidine groups is 2. The van der Waals surface area contributed by atoms with Crippen molar-refractivity contribution in [1.29, 1.82) is 0 Å². The highest BCUT2D eigenvalue weighted by Crippen LogP contribution is 2.22. The number of nitrogens with two attached hydrogens (primary N) is 5. The van der Waals surface area contributed by atoms with E-state index in [1.54, 1.807) is 19.1 Å². The predicted octanol–water partition coefficient (Wildman–Crippen LogP) is 0.342. The SMILES string of the molecule is CC[C@H](C)[C@H](NC(=O)[C@H](Cc1ccc(O)cc1)NC(=O)[C@@H]1CCCN1C(=O)[C@H](CCCN=C(N)N)NC(=O)[C@@H](N)CCCN=C(N)NC(=O)NCCOCCOCCN)C(=O)N[C@@H](CC(C)C)C(=O)O.O=C(O)C(F)(F)F.O=C(O)C(F)(F)F.O=C(O)C(F)(F)F.O=C(O)C(F)(F)F. The van der Waals surface area contributed by atoms with Crippen LogP contribution >= 0.6 is 0 Å². The van der Waals surface area contributed by atoms with E-state index in [2.05, 4.69) is 41.9 Å². The first-order valence-corrected chi connectivity index (χ1v) is 28.8. The third kappa shape index (κ3) is 43.7. The molecule has 1 aromatic rings. The number of nitrogens with zero attached hydrogens (tertiary/aromatic N) is 3. The number of carboxylic acid groups (broad SMARTS) is 5. The Hall–Kier alpha value is -9.27. The molecule has 33 nitrogen and oxygen atoms in total. The van der Waals surface area contributed by atoms with E-state index in [1.165, 1.54) is 17.0 Å². The summed E-state index contributed by atoms with van der Waals surface area (Å²) in [7, 11) is 0. The first-order chi connectivity index (χ1) is 45.0. The van der Waals surface area contributed by atoms with Gasteiger partial charge in [-0.1, -0.05) is 46.2 Å². The van der Waals surface area contributed by atoms with Crippen LogP contribution in [0, 0.1) is 11.8 Å². The zero-order chi connectivity index (χ0) is 76.5. The number of phenols is 1. The summed E-state index contributed by atoms with van der Waals surface area (Å²) < 4.78 is 137. The van der Waals surface area contributed by atoms with Crippen LogP contribution in [0.15, 0.2) is 34.3 Å². The number of hydrogen-bond donors (Lipinski definition) is 17. The van der Waals surface area contributed by atoms with Crippen molar-refractivity contribution in [3.63, 3.8) is 0 Å². The number of carbonyl (C=O) groups excluding carboxylic acids is 6. The molecular formula is C53H82F12N14O19. The molecule has 45 heteroatoms. The van der Waals surface area contributed by atoms with Gasteiger partial charge in [0.1, 0.15) is 36.0 Å². The fraction of sp³-hybridized carbons (Fsp3) is 0.642. The highest BCUT2D eigenvalue weighted by atomic mass is 19.4. The van der Waals surface area contributed by atoms with Gasteiger partial charge in [-0.15, -0.1) is 0 Å². The maximum atomic E-state index is 14.3. The van der Waals surface area contributed by atoms with Crippen molar-refractivity contribution >= 4 is 77.3 Å². The number of aromatic hydroxyl groups is 1. The number of amides is 7. The van der Waals surface area contributed by atoms with Crippen LogP contribution in [0.4, 0.5) is 57.5 Å². The Morgan fingerprint density at radius 3 is 1.55 bits per heavy atom. The van der Waals surface area contributed by atoms with E-state index in [0.29, 0.717) is 51.2 Å². The van der Waals surface area contributed by atoms with E-state index in [4.69, 9.17) is 77.7 Å². The Balaban J connectivity index is -0.00000266. The molecule has 0 radical (unpaired) electrons. The van der Waals surface area contributed by atoms with Gasteiger partial charge in [0.05, 0.1) is 32.5 Å². The van der Waals surface area contributed by atoms with Crippen LogP contribution < -0.4 is 60.6 Å². The molecule has 2 rings (SSSR count). The fourth-order valence-corrected chi connectivity index (χ4v) is 7.28. The summed E-state index contributed by atoms with van der Waals surface area (Å²) in [6.45, 7) is 9.63. The highest BCUT2D eigenvalue weighted by Gasteiger charge is 2.42. The molecule has 1 saturated heterocycles. The van der Waals surface area contributed by atoms with Gasteiger partial charge in [0.2, 0.25) is 29.5 Å². The van der Waals surface area contributed by atoms with E-state index in [1.807, 2.05) is 20.8 Å². The number of aliphatic imine (C=N–C) groups is 2. The van der Waals surface area contributed by atoms with Crippen LogP contribution in [-0.4, -0.2) is 233 Å². The Morgan fingerprint density at radius 1 is 0.633 bits per heavy atom. The maximum Gasteiger partial charge on any atom is 0.490 e. The Labute approximate surface area is 550 Å². The topological polar surface area (TPSA) is 558 Å². The lowest BCUT2D eigenvalue weighted by atomic mass is 9.96. The van der Waals surface area contributed by atoms with Gasteiger partial charge in [-0.2, -0.15) is 52.7 Å². The second-order valence-corrected chi connectivity index (χ2v) is 20.7. The van der Waals surface area contributed by atoms with E-state index in [0.717, 1.165) is 0 Å². The zero-order valence-corrected chi connectivity index (χ0v) is 52.9. The van der Waals surface area contributed by atoms with E-state index in [9.17, 15) is 96.5 Å². The number of likely N-dealkylation sites (tertiary alicyclic amines) is 1. The molecule has 1 aromatic carbocycles. The van der Waals surface area contributed by atoms with Crippen molar-refractivity contribution in [2.45, 2.75) is 146 Å². The summed E-state index contributed by atoms with van der Waals surface area (Å²) in [5.74, 6) is -16.4. The van der Waals surface area contributed by atoms with Crippen LogP contribution in [-0.2, 0) is 63.8 Å². The quantitative estimate of drug-likeness (QED) is 0.0200. The number of rotatable bonds is 32. The molecule has 0 saturated carbocycles. The van der Waals surface area contributed by atoms with Gasteiger partial charge in [-0.05, 0) is 74.5 Å². The van der Waals surface area contributed by atoms with Crippen molar-refractivity contribution in [3.05, 3.63) is 29.8 Å². The van der Waals surface area contributed by atoms with Crippen LogP contribution in [0.5, 0.6) is 5.75 Å². The average Bonchev–Trinajstić information content (AvgIpc) is 1.56. The number of carboxylic acids is 5. The van der Waals surface area contributed by atoms with E-state index >= 15 is 0 Å². The average molecular weight is 1450 g/mol. The van der Waals surface area contributed by atoms with Crippen LogP contribution in [0.2, 0.25) is 0 Å². The Morgan fingerprint density at radius 2 is 1.10 bits per heavy atom. The summed E-state index contributed by atoms with van der Waals surface area (Å²) in [6, 6.07) is -1.55. The minimum Gasteiger partial charge on any atom is -0.508 e. The molecule has 0 spiro atoms. The largest absolute Gasteiger partial charge is 0.508 e. The molecule has 0 bridgehead atoms. The summed E-state index contributed by atoms with van der Waals surface area (Å²) >= 11 is 0. The third-order valence-corrected chi connectivity index (χ3v) is 12.2. The summed E-state index contributed by atoms with van der Waals surface area (Å²) in [4.78, 5) is 139. The maximum absolute atomic E-state index is 14.3. The van der Waals surface area contributed by atoms with Crippen molar-refractivity contribution in [2.24, 2.45) is 50.5 Å². The van der Waals surface area contributed by atoms with Gasteiger partial charge in [0, 0.05) is 39.1 Å². The Kier molecular flexibility index (Phi) is 44.4. The van der Waals surface area contributed by atoms with Gasteiger partial charge in [-0.25, -0.2) is 28.8 Å². The van der Waals surface area contributed by atoms with Crippen LogP contribution in [0.25, 0.3) is 0 Å². The molecule has 7 amide bonds. The van der Waals surface area contributed by atoms with Crippen molar-refractivity contribution in [1.82, 2.24) is 36.8 Å². The summed E-state index contributed by atoms with van der Waals surface area (Å²) in [5.41, 5.74) is 29.0. The first-order valence-electron chi connectivity index (χ1n) is 28.8. The molecule has 22 N–H and O–H groups in total. The number of urea groups is 1. The molecule has 0 aliphatic carbocycles. The van der Waals surface area contributed by atoms with E-state index in [-0.39, 0.29) is 94.9 Å². The fourth-order valence-electron chi connectivity index (χ4n) is 7.28. The number of carbonyl (C=O) groups is 11. The van der Waals surface area contributed by atoms with Crippen LogP contribution in [0.3, 0.4) is 0 Å². The molecule has 1 heterocycles. The monoisotopic (exact) mass is 1450 g/mol. The molecule has 1 fully saturated rings. The zero-order valence-electron chi connectivity index (χ0n) is 52.9. The lowest BCUT2D eigenvalue weighted by Gasteiger charge is -2.31. The number of alkyl halides is 12. The number of ether oxygens (including phenoxy) is 2. The normalized spacial score (nSPS) is 14.8. The third-order valence-electron chi connectivity index (χ3n) is 12.2. The minimum absolute atomic E-state index is 0.0246. The first kappa shape index (κ1) is 92.9. The van der Waals surface area contributed by atoms with Gasteiger partial charge in [-0.3, -0.25) is 39.3 Å². The lowest BCUT2D eigenvalue weighted by molar-refractivity contribution is -0.193. The standard InChI is InChI=1S/C45H78N14O11.4C2HF3O2/c1-5-28(4)36(40(64)56-34(42(66)67)25-27(2)3)57-38(62)33(26-29-12-14-30(60)15-13-29)55-39(63)35-11-8-20-59(35)41(65)32(10-7-17-51-43(48)49)54-37(61)31(47)9-6-18-52-44(50)58-45(68)53-19-22-70-24-23-69-21-16-46;4*3-2(4,5)1(6)7/h12-15,27-28,31-36,60H,5-11,16-26,46-47H2,1-4H3,(H,54,61)(H,55,63)(H,56,64)(H,57,62)(H,66,67)(H4,48,49,51)(H4,50,52,53,58,68);4*(H,6,7)/t28-,31-,32-,33-,34-,35-,36-;;;;/m0..../s1. The van der Waals surface area contributed by atoms with Gasteiger partial charge >= 0.3 is 60.6 Å². The number of aliphatic carboxylic acids is 5. The number of phenolic OH excluding ortho intramolecular Hbond substituents is 1. The van der Waals surface area contributed by atoms with Gasteiger partial charge in [0.15, 0.2) is 11.9 Å². The second kappa shape index (κ2) is 46.8. The second-order valence-electron chi connectivity index (χ2n) is 20.7. The molecule has 562 valence electrons. The van der Waals surface area contributed by atoms with Gasteiger partial charge in [0.25, 0.3) is 0 Å². The van der Waals surface area contributed by atoms with Crippen molar-refractivity contribution in [3.8, 4) is 5.75 Å². The molecule has 7 atom stereocenters. The number of benzene rings is 1. The van der Waals surface area contributed by atoms with Crippen molar-refractivity contribution in [2.75, 3.05) is 59.2 Å². The molecule has 0 unspecified atom stereocenters. The van der Waals surface area contributed by atoms with E-state index < -0.39 is 132 Å². The molecule has 1 aliphatic rings. The molecule has 1 aliphatic heterocycles. The number of hydrogen-bond acceptors (Lipinski definition) is 18.